The molecule has 1 aromatic carbocycles. The van der Waals surface area contributed by atoms with Gasteiger partial charge in [-0.25, -0.2) is 4.79 Å². The molecule has 20 heavy (non-hydrogen) atoms. The number of H-pyrrole nitrogens is 2. The van der Waals surface area contributed by atoms with Crippen LogP contribution in [0.1, 0.15) is 24.0 Å². The first-order valence-corrected chi connectivity index (χ1v) is 6.71. The van der Waals surface area contributed by atoms with Crippen LogP contribution in [0.25, 0.3) is 11.0 Å². The monoisotopic (exact) mass is 275 g/mol. The molecular weight excluding hydrogens is 258 g/mol. The maximum Gasteiger partial charge on any atom is 0.323 e. The Labute approximate surface area is 115 Å². The fraction of sp³-hybridized carbons (Fsp3) is 0.429. The topological polar surface area (TPSA) is 87.0 Å². The van der Waals surface area contributed by atoms with Gasteiger partial charge in [0.2, 0.25) is 0 Å². The summed E-state index contributed by atoms with van der Waals surface area (Å²) in [5.74, 6) is -0.153. The first-order valence-electron chi connectivity index (χ1n) is 6.71. The van der Waals surface area contributed by atoms with E-state index in [0.717, 1.165) is 24.0 Å². The number of hydrogen-bond acceptors (Lipinski definition) is 3. The number of nitrogens with one attached hydrogen (secondary N) is 3. The molecule has 2 aromatic rings. The number of hydrogen-bond donors (Lipinski definition) is 3. The molecule has 0 radical (unpaired) electrons. The van der Waals surface area contributed by atoms with Gasteiger partial charge in [-0.1, -0.05) is 0 Å². The number of imidazole rings is 1. The average molecular weight is 275 g/mol. The average Bonchev–Trinajstić information content (AvgIpc) is 3.03. The third kappa shape index (κ3) is 2.12. The van der Waals surface area contributed by atoms with Crippen molar-refractivity contribution in [3.05, 3.63) is 27.7 Å². The van der Waals surface area contributed by atoms with E-state index in [1.165, 1.54) is 0 Å². The molecule has 3 rings (SSSR count). The predicted molar refractivity (Wildman–Crippen MR) is 76.0 cm³/mol. The van der Waals surface area contributed by atoms with Crippen LogP contribution in [0.5, 0.6) is 0 Å². The summed E-state index contributed by atoms with van der Waals surface area (Å²) in [5.41, 5.74) is 3.65. The molecule has 0 saturated carbocycles. The number of aryl methyl sites for hydroxylation is 1. The number of carbonyl (C=O) groups excluding carboxylic acids is 1. The van der Waals surface area contributed by atoms with E-state index < -0.39 is 6.10 Å². The Morgan fingerprint density at radius 3 is 2.90 bits per heavy atom. The first kappa shape index (κ1) is 12.9. The zero-order valence-electron chi connectivity index (χ0n) is 11.5. The van der Waals surface area contributed by atoms with Crippen LogP contribution in [0.3, 0.4) is 0 Å². The third-order valence-electron chi connectivity index (χ3n) is 3.80. The molecule has 106 valence electrons. The normalized spacial score (nSPS) is 18.6. The molecule has 2 heterocycles. The second-order valence-corrected chi connectivity index (χ2v) is 5.19. The minimum atomic E-state index is -0.393. The van der Waals surface area contributed by atoms with E-state index in [-0.39, 0.29) is 11.6 Å². The number of carbonyl (C=O) groups is 1. The number of aromatic nitrogens is 2. The number of fused-ring (bicyclic) bond motifs is 1. The van der Waals surface area contributed by atoms with Crippen LogP contribution in [-0.2, 0) is 9.53 Å². The Morgan fingerprint density at radius 1 is 1.40 bits per heavy atom. The van der Waals surface area contributed by atoms with Gasteiger partial charge in [-0.15, -0.1) is 0 Å². The Kier molecular flexibility index (Phi) is 3.10. The molecule has 1 aliphatic heterocycles. The Morgan fingerprint density at radius 2 is 2.20 bits per heavy atom. The maximum absolute atomic E-state index is 12.2. The summed E-state index contributed by atoms with van der Waals surface area (Å²) >= 11 is 0. The zero-order chi connectivity index (χ0) is 14.3. The molecule has 6 nitrogen and oxygen atoms in total. The summed E-state index contributed by atoms with van der Waals surface area (Å²) in [7, 11) is 0. The van der Waals surface area contributed by atoms with Crippen molar-refractivity contribution in [1.29, 1.82) is 0 Å². The summed E-state index contributed by atoms with van der Waals surface area (Å²) in [4.78, 5) is 29.1. The molecule has 0 aliphatic carbocycles. The van der Waals surface area contributed by atoms with Gasteiger partial charge in [0.05, 0.1) is 16.7 Å². The number of anilines is 1. The molecule has 1 saturated heterocycles. The van der Waals surface area contributed by atoms with Crippen LogP contribution in [0.4, 0.5) is 5.69 Å². The van der Waals surface area contributed by atoms with Gasteiger partial charge < -0.3 is 20.0 Å². The second kappa shape index (κ2) is 4.79. The molecule has 1 aromatic heterocycles. The molecule has 3 N–H and O–H groups in total. The van der Waals surface area contributed by atoms with E-state index in [1.807, 2.05) is 19.9 Å². The van der Waals surface area contributed by atoms with Crippen molar-refractivity contribution in [2.45, 2.75) is 32.8 Å². The van der Waals surface area contributed by atoms with Gasteiger partial charge in [0.25, 0.3) is 5.91 Å². The molecule has 1 fully saturated rings. The molecule has 1 aliphatic rings. The second-order valence-electron chi connectivity index (χ2n) is 5.19. The van der Waals surface area contributed by atoms with Gasteiger partial charge in [-0.2, -0.15) is 0 Å². The highest BCUT2D eigenvalue weighted by molar-refractivity contribution is 6.02. The maximum atomic E-state index is 12.2. The largest absolute Gasteiger partial charge is 0.368 e. The van der Waals surface area contributed by atoms with E-state index in [4.69, 9.17) is 4.74 Å². The van der Waals surface area contributed by atoms with Crippen LogP contribution in [0, 0.1) is 13.8 Å². The molecular formula is C14H17N3O3. The Balaban J connectivity index is 2.03. The van der Waals surface area contributed by atoms with Crippen molar-refractivity contribution >= 4 is 22.6 Å². The van der Waals surface area contributed by atoms with E-state index in [0.29, 0.717) is 23.3 Å². The summed E-state index contributed by atoms with van der Waals surface area (Å²) in [5, 5.41) is 2.90. The molecule has 0 bridgehead atoms. The van der Waals surface area contributed by atoms with Crippen molar-refractivity contribution < 1.29 is 9.53 Å². The van der Waals surface area contributed by atoms with E-state index in [9.17, 15) is 9.59 Å². The van der Waals surface area contributed by atoms with Crippen LogP contribution in [-0.4, -0.2) is 28.6 Å². The van der Waals surface area contributed by atoms with Gasteiger partial charge in [-0.05, 0) is 43.9 Å². The van der Waals surface area contributed by atoms with Crippen LogP contribution in [0.15, 0.2) is 10.9 Å². The number of aromatic amines is 2. The summed E-state index contributed by atoms with van der Waals surface area (Å²) in [6, 6.07) is 1.89. The van der Waals surface area contributed by atoms with Gasteiger partial charge in [0, 0.05) is 6.61 Å². The van der Waals surface area contributed by atoms with E-state index in [2.05, 4.69) is 15.3 Å². The molecule has 6 heteroatoms. The number of benzene rings is 1. The minimum absolute atomic E-state index is 0.153. The van der Waals surface area contributed by atoms with Crippen molar-refractivity contribution in [3.63, 3.8) is 0 Å². The zero-order valence-corrected chi connectivity index (χ0v) is 11.5. The highest BCUT2D eigenvalue weighted by Crippen LogP contribution is 2.27. The van der Waals surface area contributed by atoms with E-state index >= 15 is 0 Å². The lowest BCUT2D eigenvalue weighted by atomic mass is 10.1. The number of rotatable bonds is 2. The molecule has 0 spiro atoms. The van der Waals surface area contributed by atoms with Crippen molar-refractivity contribution in [2.75, 3.05) is 11.9 Å². The third-order valence-corrected chi connectivity index (χ3v) is 3.80. The van der Waals surface area contributed by atoms with Gasteiger partial charge in [0.1, 0.15) is 6.10 Å². The quantitative estimate of drug-likeness (QED) is 0.777. The minimum Gasteiger partial charge on any atom is -0.368 e. The predicted octanol–water partition coefficient (Wildman–Crippen LogP) is 1.59. The molecule has 1 amide bonds. The molecule has 1 unspecified atom stereocenters. The lowest BCUT2D eigenvalue weighted by Crippen LogP contribution is -2.27. The van der Waals surface area contributed by atoms with Gasteiger partial charge in [-0.3, -0.25) is 4.79 Å². The van der Waals surface area contributed by atoms with Crippen molar-refractivity contribution in [1.82, 2.24) is 9.97 Å². The smallest absolute Gasteiger partial charge is 0.323 e. The fourth-order valence-electron chi connectivity index (χ4n) is 2.56. The standard InChI is InChI=1S/C14H17N3O3/c1-7-6-9-12(17-14(19)15-9)11(8(7)2)16-13(18)10-4-3-5-20-10/h6,10H,3-5H2,1-2H3,(H,16,18)(H2,15,17,19). The van der Waals surface area contributed by atoms with Crippen LogP contribution < -0.4 is 11.0 Å². The summed E-state index contributed by atoms with van der Waals surface area (Å²) in [6.07, 6.45) is 1.25. The fourth-order valence-corrected chi connectivity index (χ4v) is 2.56. The number of amides is 1. The Hall–Kier alpha value is -2.08. The number of ether oxygens (including phenoxy) is 1. The summed E-state index contributed by atoms with van der Waals surface area (Å²) in [6.45, 7) is 4.49. The summed E-state index contributed by atoms with van der Waals surface area (Å²) < 4.78 is 5.38. The van der Waals surface area contributed by atoms with Crippen molar-refractivity contribution in [2.24, 2.45) is 0 Å². The van der Waals surface area contributed by atoms with Crippen LogP contribution in [0.2, 0.25) is 0 Å². The highest BCUT2D eigenvalue weighted by Gasteiger charge is 2.25. The first-order chi connectivity index (χ1) is 9.56. The van der Waals surface area contributed by atoms with Crippen molar-refractivity contribution in [3.8, 4) is 0 Å². The Bertz CT molecular complexity index is 723. The lowest BCUT2D eigenvalue weighted by molar-refractivity contribution is -0.124. The van der Waals surface area contributed by atoms with Crippen LogP contribution >= 0.6 is 0 Å². The SMILES string of the molecule is Cc1cc2[nH]c(=O)[nH]c2c(NC(=O)C2CCCO2)c1C. The highest BCUT2D eigenvalue weighted by atomic mass is 16.5. The van der Waals surface area contributed by atoms with E-state index in [1.54, 1.807) is 0 Å². The van der Waals surface area contributed by atoms with Gasteiger partial charge in [0.15, 0.2) is 0 Å². The molecule has 1 atom stereocenters. The lowest BCUT2D eigenvalue weighted by Gasteiger charge is -2.14. The van der Waals surface area contributed by atoms with Gasteiger partial charge >= 0.3 is 5.69 Å².